The maximum absolute atomic E-state index is 5.23. The maximum Gasteiger partial charge on any atom is 0.194 e. The average Bonchev–Trinajstić information content (AvgIpc) is 2.61. The molecular formula is C18H30N4O. The Balaban J connectivity index is 1.91. The van der Waals surface area contributed by atoms with Crippen molar-refractivity contribution >= 4 is 11.6 Å². The largest absolute Gasteiger partial charge is 0.497 e. The highest BCUT2D eigenvalue weighted by Gasteiger charge is 2.19. The van der Waals surface area contributed by atoms with Gasteiger partial charge in [0.1, 0.15) is 5.75 Å². The molecule has 2 rings (SSSR count). The van der Waals surface area contributed by atoms with Crippen molar-refractivity contribution in [2.24, 2.45) is 4.99 Å². The van der Waals surface area contributed by atoms with Gasteiger partial charge in [-0.25, -0.2) is 0 Å². The summed E-state index contributed by atoms with van der Waals surface area (Å²) in [6.07, 6.45) is 2.34. The van der Waals surface area contributed by atoms with E-state index in [9.17, 15) is 0 Å². The second-order valence-corrected chi connectivity index (χ2v) is 5.76. The van der Waals surface area contributed by atoms with Crippen molar-refractivity contribution < 1.29 is 4.74 Å². The molecule has 1 fully saturated rings. The Morgan fingerprint density at radius 2 is 1.83 bits per heavy atom. The first kappa shape index (κ1) is 17.4. The molecule has 0 aliphatic carbocycles. The van der Waals surface area contributed by atoms with Gasteiger partial charge in [0.05, 0.1) is 7.11 Å². The van der Waals surface area contributed by atoms with Gasteiger partial charge in [0.2, 0.25) is 0 Å². The minimum absolute atomic E-state index is 0.907. The third-order valence-electron chi connectivity index (χ3n) is 4.12. The van der Waals surface area contributed by atoms with Crippen LogP contribution in [-0.2, 0) is 0 Å². The summed E-state index contributed by atoms with van der Waals surface area (Å²) in [6.45, 7) is 10.2. The van der Waals surface area contributed by atoms with E-state index in [1.807, 2.05) is 12.1 Å². The van der Waals surface area contributed by atoms with E-state index in [-0.39, 0.29) is 0 Å². The van der Waals surface area contributed by atoms with Crippen LogP contribution in [0.15, 0.2) is 29.3 Å². The zero-order valence-electron chi connectivity index (χ0n) is 14.7. The summed E-state index contributed by atoms with van der Waals surface area (Å²) < 4.78 is 5.23. The van der Waals surface area contributed by atoms with Crippen molar-refractivity contribution in [2.45, 2.75) is 26.7 Å². The van der Waals surface area contributed by atoms with Gasteiger partial charge in [0, 0.05) is 45.0 Å². The Labute approximate surface area is 140 Å². The van der Waals surface area contributed by atoms with Crippen LogP contribution >= 0.6 is 0 Å². The highest BCUT2D eigenvalue weighted by Crippen LogP contribution is 2.20. The third kappa shape index (κ3) is 5.05. The van der Waals surface area contributed by atoms with Gasteiger partial charge >= 0.3 is 0 Å². The molecule has 1 N–H and O–H groups in total. The lowest BCUT2D eigenvalue weighted by Gasteiger charge is -2.37. The highest BCUT2D eigenvalue weighted by molar-refractivity contribution is 5.80. The van der Waals surface area contributed by atoms with Crippen molar-refractivity contribution in [1.82, 2.24) is 10.2 Å². The summed E-state index contributed by atoms with van der Waals surface area (Å²) in [7, 11) is 1.70. The van der Waals surface area contributed by atoms with Crippen LogP contribution in [0.2, 0.25) is 0 Å². The van der Waals surface area contributed by atoms with Gasteiger partial charge in [-0.1, -0.05) is 13.3 Å². The summed E-state index contributed by atoms with van der Waals surface area (Å²) in [6, 6.07) is 8.32. The number of hydrogen-bond donors (Lipinski definition) is 1. The molecule has 128 valence electrons. The van der Waals surface area contributed by atoms with Gasteiger partial charge in [-0.3, -0.25) is 4.99 Å². The second-order valence-electron chi connectivity index (χ2n) is 5.76. The lowest BCUT2D eigenvalue weighted by Crippen LogP contribution is -2.52. The zero-order valence-corrected chi connectivity index (χ0v) is 14.7. The highest BCUT2D eigenvalue weighted by atomic mass is 16.5. The lowest BCUT2D eigenvalue weighted by atomic mass is 10.2. The third-order valence-corrected chi connectivity index (χ3v) is 4.12. The number of guanidine groups is 1. The number of nitrogens with one attached hydrogen (secondary N) is 1. The van der Waals surface area contributed by atoms with Gasteiger partial charge in [0.15, 0.2) is 5.96 Å². The number of rotatable bonds is 6. The summed E-state index contributed by atoms with van der Waals surface area (Å²) >= 11 is 0. The standard InChI is InChI=1S/C18H30N4O/c1-4-6-11-20-18(19-5-2)22-14-12-21(13-15-22)16-7-9-17(23-3)10-8-16/h7-10H,4-6,11-15H2,1-3H3,(H,19,20). The maximum atomic E-state index is 5.23. The molecule has 1 saturated heterocycles. The van der Waals surface area contributed by atoms with Crippen molar-refractivity contribution in [1.29, 1.82) is 0 Å². The van der Waals surface area contributed by atoms with Crippen molar-refractivity contribution in [3.8, 4) is 5.75 Å². The predicted molar refractivity (Wildman–Crippen MR) is 97.7 cm³/mol. The van der Waals surface area contributed by atoms with E-state index in [0.29, 0.717) is 0 Å². The minimum atomic E-state index is 0.907. The van der Waals surface area contributed by atoms with E-state index in [1.54, 1.807) is 7.11 Å². The molecule has 1 aromatic rings. The number of unbranched alkanes of at least 4 members (excludes halogenated alkanes) is 1. The molecule has 1 aromatic carbocycles. The summed E-state index contributed by atoms with van der Waals surface area (Å²) in [5.41, 5.74) is 1.26. The minimum Gasteiger partial charge on any atom is -0.497 e. The number of ether oxygens (including phenoxy) is 1. The monoisotopic (exact) mass is 318 g/mol. The number of anilines is 1. The van der Waals surface area contributed by atoms with Crippen LogP contribution in [0.4, 0.5) is 5.69 Å². The van der Waals surface area contributed by atoms with Crippen LogP contribution in [-0.4, -0.2) is 57.2 Å². The van der Waals surface area contributed by atoms with E-state index >= 15 is 0 Å². The Morgan fingerprint density at radius 1 is 1.13 bits per heavy atom. The number of nitrogens with zero attached hydrogens (tertiary/aromatic N) is 3. The molecule has 1 aliphatic rings. The average molecular weight is 318 g/mol. The molecule has 0 spiro atoms. The fraction of sp³-hybridized carbons (Fsp3) is 0.611. The molecule has 0 atom stereocenters. The number of aliphatic imine (C=N–C) groups is 1. The van der Waals surface area contributed by atoms with Crippen molar-refractivity contribution in [3.05, 3.63) is 24.3 Å². The normalized spacial score (nSPS) is 15.7. The topological polar surface area (TPSA) is 40.1 Å². The molecule has 0 aromatic heterocycles. The van der Waals surface area contributed by atoms with Crippen molar-refractivity contribution in [2.75, 3.05) is 51.3 Å². The van der Waals surface area contributed by atoms with Gasteiger partial charge in [-0.05, 0) is 37.6 Å². The van der Waals surface area contributed by atoms with Crippen LogP contribution < -0.4 is 15.0 Å². The van der Waals surface area contributed by atoms with Crippen LogP contribution in [0, 0.1) is 0 Å². The Hall–Kier alpha value is -1.91. The molecule has 5 heteroatoms. The van der Waals surface area contributed by atoms with E-state index in [2.05, 4.69) is 41.1 Å². The van der Waals surface area contributed by atoms with Crippen molar-refractivity contribution in [3.63, 3.8) is 0 Å². The van der Waals surface area contributed by atoms with Gasteiger partial charge in [0.25, 0.3) is 0 Å². The molecule has 23 heavy (non-hydrogen) atoms. The van der Waals surface area contributed by atoms with E-state index in [4.69, 9.17) is 9.73 Å². The van der Waals surface area contributed by atoms with Crippen LogP contribution in [0.1, 0.15) is 26.7 Å². The molecule has 5 nitrogen and oxygen atoms in total. The molecule has 0 unspecified atom stereocenters. The van der Waals surface area contributed by atoms with Crippen LogP contribution in [0.5, 0.6) is 5.75 Å². The Bertz CT molecular complexity index is 478. The smallest absolute Gasteiger partial charge is 0.194 e. The predicted octanol–water partition coefficient (Wildman–Crippen LogP) is 2.58. The summed E-state index contributed by atoms with van der Waals surface area (Å²) in [4.78, 5) is 9.54. The van der Waals surface area contributed by atoms with E-state index in [0.717, 1.165) is 57.4 Å². The number of benzene rings is 1. The first-order valence-corrected chi connectivity index (χ1v) is 8.70. The van der Waals surface area contributed by atoms with Crippen LogP contribution in [0.3, 0.4) is 0 Å². The van der Waals surface area contributed by atoms with Gasteiger partial charge in [-0.15, -0.1) is 0 Å². The summed E-state index contributed by atoms with van der Waals surface area (Å²) in [5.74, 6) is 1.97. The second kappa shape index (κ2) is 9.28. The van der Waals surface area contributed by atoms with Crippen LogP contribution in [0.25, 0.3) is 0 Å². The molecule has 1 aliphatic heterocycles. The lowest BCUT2D eigenvalue weighted by molar-refractivity contribution is 0.372. The fourth-order valence-electron chi connectivity index (χ4n) is 2.74. The number of hydrogen-bond acceptors (Lipinski definition) is 3. The zero-order chi connectivity index (χ0) is 16.5. The Morgan fingerprint density at radius 3 is 2.39 bits per heavy atom. The van der Waals surface area contributed by atoms with E-state index < -0.39 is 0 Å². The van der Waals surface area contributed by atoms with E-state index in [1.165, 1.54) is 12.1 Å². The number of piperazine rings is 1. The molecule has 0 bridgehead atoms. The molecule has 0 radical (unpaired) electrons. The SMILES string of the molecule is CCCCN=C(NCC)N1CCN(c2ccc(OC)cc2)CC1. The molecule has 0 amide bonds. The first-order valence-electron chi connectivity index (χ1n) is 8.70. The Kier molecular flexibility index (Phi) is 7.04. The van der Waals surface area contributed by atoms with Gasteiger partial charge in [-0.2, -0.15) is 0 Å². The van der Waals surface area contributed by atoms with Gasteiger partial charge < -0.3 is 19.9 Å². The molecule has 0 saturated carbocycles. The quantitative estimate of drug-likeness (QED) is 0.497. The molecular weight excluding hydrogens is 288 g/mol. The first-order chi connectivity index (χ1) is 11.3. The summed E-state index contributed by atoms with van der Waals surface area (Å²) in [5, 5.41) is 3.42. The molecule has 1 heterocycles. The number of methoxy groups -OCH3 is 1. The fourth-order valence-corrected chi connectivity index (χ4v) is 2.74.